The Morgan fingerprint density at radius 1 is 0.941 bits per heavy atom. The molecule has 1 heteroatoms. The fraction of sp³-hybridized carbons (Fsp3) is 0.250. The number of rotatable bonds is 2. The maximum Gasteiger partial charge on any atom is 0.0467 e. The van der Waals surface area contributed by atoms with Crippen LogP contribution in [0, 0.1) is 5.92 Å². The second-order valence-electron chi connectivity index (χ2n) is 5.11. The molecule has 0 atom stereocenters. The summed E-state index contributed by atoms with van der Waals surface area (Å²) in [6.07, 6.45) is 1.14. The largest absolute Gasteiger partial charge is 0.355 e. The number of aromatic amines is 1. The lowest BCUT2D eigenvalue weighted by molar-refractivity contribution is 0.650. The van der Waals surface area contributed by atoms with Crippen molar-refractivity contribution in [3.8, 4) is 0 Å². The van der Waals surface area contributed by atoms with E-state index in [9.17, 15) is 0 Å². The highest BCUT2D eigenvalue weighted by Crippen LogP contribution is 2.29. The maximum atomic E-state index is 3.49. The second-order valence-corrected chi connectivity index (χ2v) is 5.11. The predicted molar refractivity (Wildman–Crippen MR) is 74.3 cm³/mol. The van der Waals surface area contributed by atoms with Gasteiger partial charge in [-0.25, -0.2) is 0 Å². The molecule has 0 aliphatic rings. The first-order valence-corrected chi connectivity index (χ1v) is 6.24. The van der Waals surface area contributed by atoms with Crippen molar-refractivity contribution >= 4 is 21.8 Å². The molecule has 0 spiro atoms. The molecule has 0 unspecified atom stereocenters. The molecule has 1 aromatic heterocycles. The number of hydrogen-bond donors (Lipinski definition) is 1. The van der Waals surface area contributed by atoms with Crippen molar-refractivity contribution in [2.24, 2.45) is 5.92 Å². The van der Waals surface area contributed by atoms with Crippen LogP contribution in [0.2, 0.25) is 0 Å². The molecule has 86 valence electrons. The molecule has 0 bridgehead atoms. The van der Waals surface area contributed by atoms with Gasteiger partial charge in [0.1, 0.15) is 0 Å². The Morgan fingerprint density at radius 3 is 2.53 bits per heavy atom. The molecule has 1 nitrogen and oxygen atoms in total. The third-order valence-corrected chi connectivity index (χ3v) is 3.24. The molecule has 0 aliphatic carbocycles. The van der Waals surface area contributed by atoms with Crippen molar-refractivity contribution in [2.75, 3.05) is 0 Å². The fourth-order valence-electron chi connectivity index (χ4n) is 2.59. The summed E-state index contributed by atoms with van der Waals surface area (Å²) in [6.45, 7) is 4.54. The van der Waals surface area contributed by atoms with E-state index in [-0.39, 0.29) is 0 Å². The predicted octanol–water partition coefficient (Wildman–Crippen LogP) is 4.52. The highest BCUT2D eigenvalue weighted by Gasteiger charge is 2.08. The minimum Gasteiger partial charge on any atom is -0.355 e. The molecular formula is C16H17N. The number of fused-ring (bicyclic) bond motifs is 3. The molecule has 0 radical (unpaired) electrons. The topological polar surface area (TPSA) is 15.8 Å². The summed E-state index contributed by atoms with van der Waals surface area (Å²) in [5.74, 6) is 0.689. The molecular weight excluding hydrogens is 206 g/mol. The Hall–Kier alpha value is -1.76. The van der Waals surface area contributed by atoms with E-state index < -0.39 is 0 Å². The molecule has 1 N–H and O–H groups in total. The highest BCUT2D eigenvalue weighted by atomic mass is 14.7. The average Bonchev–Trinajstić information content (AvgIpc) is 2.67. The second kappa shape index (κ2) is 3.92. The number of para-hydroxylation sites is 1. The van der Waals surface area contributed by atoms with Gasteiger partial charge in [0.2, 0.25) is 0 Å². The lowest BCUT2D eigenvalue weighted by Crippen LogP contribution is -1.94. The lowest BCUT2D eigenvalue weighted by atomic mass is 9.98. The number of hydrogen-bond acceptors (Lipinski definition) is 0. The van der Waals surface area contributed by atoms with E-state index in [1.165, 1.54) is 27.4 Å². The molecule has 0 fully saturated rings. The SMILES string of the molecule is CC(C)Cc1cccc2[nH]c3ccccc3c12. The van der Waals surface area contributed by atoms with Crippen LogP contribution in [0.4, 0.5) is 0 Å². The summed E-state index contributed by atoms with van der Waals surface area (Å²) in [6, 6.07) is 15.1. The summed E-state index contributed by atoms with van der Waals surface area (Å²) in [5.41, 5.74) is 3.94. The van der Waals surface area contributed by atoms with Crippen LogP contribution in [-0.2, 0) is 6.42 Å². The maximum absolute atomic E-state index is 3.49. The first-order valence-electron chi connectivity index (χ1n) is 6.24. The average molecular weight is 223 g/mol. The molecule has 0 aliphatic heterocycles. The van der Waals surface area contributed by atoms with Gasteiger partial charge in [-0.15, -0.1) is 0 Å². The van der Waals surface area contributed by atoms with Gasteiger partial charge in [0.25, 0.3) is 0 Å². The first-order chi connectivity index (χ1) is 8.25. The summed E-state index contributed by atoms with van der Waals surface area (Å²) in [4.78, 5) is 3.49. The standard InChI is InChI=1S/C16H17N/c1-11(2)10-12-6-5-9-15-16(12)13-7-3-4-8-14(13)17-15/h3-9,11,17H,10H2,1-2H3. The number of benzene rings is 2. The van der Waals surface area contributed by atoms with Gasteiger partial charge in [-0.1, -0.05) is 44.2 Å². The van der Waals surface area contributed by atoms with E-state index in [0.717, 1.165) is 6.42 Å². The van der Waals surface area contributed by atoms with Gasteiger partial charge in [-0.2, -0.15) is 0 Å². The van der Waals surface area contributed by atoms with Crippen LogP contribution < -0.4 is 0 Å². The number of nitrogens with one attached hydrogen (secondary N) is 1. The van der Waals surface area contributed by atoms with Crippen LogP contribution in [0.25, 0.3) is 21.8 Å². The molecule has 3 aromatic rings. The van der Waals surface area contributed by atoms with E-state index in [2.05, 4.69) is 61.3 Å². The first kappa shape index (κ1) is 10.4. The van der Waals surface area contributed by atoms with Crippen molar-refractivity contribution in [1.29, 1.82) is 0 Å². The molecule has 0 saturated carbocycles. The molecule has 17 heavy (non-hydrogen) atoms. The zero-order chi connectivity index (χ0) is 11.8. The number of aromatic nitrogens is 1. The minimum absolute atomic E-state index is 0.689. The van der Waals surface area contributed by atoms with Crippen molar-refractivity contribution in [1.82, 2.24) is 4.98 Å². The summed E-state index contributed by atoms with van der Waals surface area (Å²) in [5, 5.41) is 2.75. The molecule has 1 heterocycles. The molecule has 2 aromatic carbocycles. The summed E-state index contributed by atoms with van der Waals surface area (Å²) < 4.78 is 0. The van der Waals surface area contributed by atoms with Gasteiger partial charge >= 0.3 is 0 Å². The lowest BCUT2D eigenvalue weighted by Gasteiger charge is -2.06. The third kappa shape index (κ3) is 1.72. The summed E-state index contributed by atoms with van der Waals surface area (Å²) in [7, 11) is 0. The van der Waals surface area contributed by atoms with Crippen LogP contribution in [0.15, 0.2) is 42.5 Å². The zero-order valence-corrected chi connectivity index (χ0v) is 10.3. The van der Waals surface area contributed by atoms with Crippen molar-refractivity contribution in [3.63, 3.8) is 0 Å². The monoisotopic (exact) mass is 223 g/mol. The van der Waals surface area contributed by atoms with E-state index in [0.29, 0.717) is 5.92 Å². The van der Waals surface area contributed by atoms with Crippen molar-refractivity contribution in [3.05, 3.63) is 48.0 Å². The van der Waals surface area contributed by atoms with E-state index in [4.69, 9.17) is 0 Å². The van der Waals surface area contributed by atoms with Crippen LogP contribution >= 0.6 is 0 Å². The Morgan fingerprint density at radius 2 is 1.71 bits per heavy atom. The van der Waals surface area contributed by atoms with Crippen molar-refractivity contribution in [2.45, 2.75) is 20.3 Å². The van der Waals surface area contributed by atoms with Gasteiger partial charge in [0.15, 0.2) is 0 Å². The van der Waals surface area contributed by atoms with Crippen LogP contribution in [-0.4, -0.2) is 4.98 Å². The van der Waals surface area contributed by atoms with E-state index >= 15 is 0 Å². The Balaban J connectivity index is 2.35. The molecule has 0 saturated heterocycles. The van der Waals surface area contributed by atoms with Gasteiger partial charge in [0, 0.05) is 21.8 Å². The number of H-pyrrole nitrogens is 1. The van der Waals surface area contributed by atoms with Crippen LogP contribution in [0.5, 0.6) is 0 Å². The van der Waals surface area contributed by atoms with E-state index in [1.807, 2.05) is 0 Å². The van der Waals surface area contributed by atoms with Crippen LogP contribution in [0.3, 0.4) is 0 Å². The van der Waals surface area contributed by atoms with Crippen LogP contribution in [0.1, 0.15) is 19.4 Å². The Labute approximate surface area is 101 Å². The van der Waals surface area contributed by atoms with E-state index in [1.54, 1.807) is 0 Å². The van der Waals surface area contributed by atoms with Gasteiger partial charge in [-0.05, 0) is 30.0 Å². The highest BCUT2D eigenvalue weighted by molar-refractivity contribution is 6.08. The Kier molecular flexibility index (Phi) is 2.40. The summed E-state index contributed by atoms with van der Waals surface area (Å²) >= 11 is 0. The third-order valence-electron chi connectivity index (χ3n) is 3.24. The normalized spacial score (nSPS) is 11.7. The van der Waals surface area contributed by atoms with Crippen molar-refractivity contribution < 1.29 is 0 Å². The quantitative estimate of drug-likeness (QED) is 0.657. The Bertz CT molecular complexity index is 661. The molecule has 0 amide bonds. The molecule has 3 rings (SSSR count). The minimum atomic E-state index is 0.689. The van der Waals surface area contributed by atoms with Gasteiger partial charge in [0.05, 0.1) is 0 Å². The van der Waals surface area contributed by atoms with Gasteiger partial charge < -0.3 is 4.98 Å². The smallest absolute Gasteiger partial charge is 0.0467 e. The zero-order valence-electron chi connectivity index (χ0n) is 10.3. The van der Waals surface area contributed by atoms with Gasteiger partial charge in [-0.3, -0.25) is 0 Å². The fourth-order valence-corrected chi connectivity index (χ4v) is 2.59.